The minimum Gasteiger partial charge on any atom is -0.370 e. The van der Waals surface area contributed by atoms with Crippen LogP contribution in [0.1, 0.15) is 23.0 Å². The first-order valence-electron chi connectivity index (χ1n) is 6.13. The third kappa shape index (κ3) is 3.30. The zero-order valence-corrected chi connectivity index (χ0v) is 12.1. The van der Waals surface area contributed by atoms with Gasteiger partial charge in [0.15, 0.2) is 0 Å². The monoisotopic (exact) mass is 294 g/mol. The predicted molar refractivity (Wildman–Crippen MR) is 76.3 cm³/mol. The maximum absolute atomic E-state index is 13.3. The van der Waals surface area contributed by atoms with E-state index in [4.69, 9.17) is 0 Å². The number of hydrogen-bond donors (Lipinski definition) is 1. The highest BCUT2D eigenvalue weighted by atomic mass is 32.1. The number of amides is 1. The Morgan fingerprint density at radius 2 is 2.30 bits per heavy atom. The molecule has 0 saturated heterocycles. The number of thiazole rings is 1. The molecule has 0 aliphatic carbocycles. The van der Waals surface area contributed by atoms with Gasteiger partial charge in [-0.2, -0.15) is 0 Å². The molecule has 2 aromatic heterocycles. The quantitative estimate of drug-likeness (QED) is 0.920. The van der Waals surface area contributed by atoms with E-state index in [-0.39, 0.29) is 11.5 Å². The van der Waals surface area contributed by atoms with Gasteiger partial charge in [-0.1, -0.05) is 0 Å². The second-order valence-electron chi connectivity index (χ2n) is 4.22. The fourth-order valence-electron chi connectivity index (χ4n) is 1.75. The summed E-state index contributed by atoms with van der Waals surface area (Å²) in [5, 5.41) is 4.83. The van der Waals surface area contributed by atoms with Crippen molar-refractivity contribution in [2.45, 2.75) is 13.5 Å². The molecule has 0 atom stereocenters. The highest BCUT2D eigenvalue weighted by molar-refractivity contribution is 7.07. The maximum atomic E-state index is 13.3. The van der Waals surface area contributed by atoms with Crippen LogP contribution in [0.25, 0.3) is 0 Å². The van der Waals surface area contributed by atoms with Crippen molar-refractivity contribution in [1.82, 2.24) is 14.9 Å². The smallest absolute Gasteiger partial charge is 0.257 e. The minimum absolute atomic E-state index is 0.226. The molecule has 0 saturated carbocycles. The van der Waals surface area contributed by atoms with Gasteiger partial charge in [0.2, 0.25) is 0 Å². The van der Waals surface area contributed by atoms with E-state index < -0.39 is 5.82 Å². The standard InChI is InChI=1S/C13H15FN4OS/c1-3-15-12-11(4-9(14)5-16-12)13(19)18(2)6-10-7-20-8-17-10/h4-5,7-8H,3,6H2,1-2H3,(H,15,16). The zero-order valence-electron chi connectivity index (χ0n) is 11.3. The lowest BCUT2D eigenvalue weighted by Crippen LogP contribution is -2.27. The number of rotatable bonds is 5. The molecule has 0 aliphatic heterocycles. The number of pyridine rings is 1. The van der Waals surface area contributed by atoms with E-state index in [0.717, 1.165) is 11.9 Å². The highest BCUT2D eigenvalue weighted by Gasteiger charge is 2.18. The maximum Gasteiger partial charge on any atom is 0.257 e. The fourth-order valence-corrected chi connectivity index (χ4v) is 2.30. The van der Waals surface area contributed by atoms with Crippen LogP contribution in [0.15, 0.2) is 23.2 Å². The molecular weight excluding hydrogens is 279 g/mol. The number of nitrogens with zero attached hydrogens (tertiary/aromatic N) is 3. The predicted octanol–water partition coefficient (Wildman–Crippen LogP) is 2.38. The Kier molecular flexibility index (Phi) is 4.62. The normalized spacial score (nSPS) is 10.3. The Bertz CT molecular complexity index is 588. The Hall–Kier alpha value is -2.02. The molecule has 106 valence electrons. The average Bonchev–Trinajstić information content (AvgIpc) is 2.93. The summed E-state index contributed by atoms with van der Waals surface area (Å²) in [6, 6.07) is 1.20. The second kappa shape index (κ2) is 6.42. The van der Waals surface area contributed by atoms with Gasteiger partial charge in [-0.05, 0) is 13.0 Å². The van der Waals surface area contributed by atoms with Gasteiger partial charge in [0.25, 0.3) is 5.91 Å². The van der Waals surface area contributed by atoms with Gasteiger partial charge in [-0.15, -0.1) is 11.3 Å². The minimum atomic E-state index is -0.530. The first-order chi connectivity index (χ1) is 9.61. The highest BCUT2D eigenvalue weighted by Crippen LogP contribution is 2.16. The number of carbonyl (C=O) groups excluding carboxylic acids is 1. The fraction of sp³-hybridized carbons (Fsp3) is 0.308. The van der Waals surface area contributed by atoms with Crippen molar-refractivity contribution in [2.75, 3.05) is 18.9 Å². The van der Waals surface area contributed by atoms with E-state index in [2.05, 4.69) is 15.3 Å². The summed E-state index contributed by atoms with van der Waals surface area (Å²) in [6.45, 7) is 2.87. The van der Waals surface area contributed by atoms with Crippen LogP contribution in [0.5, 0.6) is 0 Å². The SMILES string of the molecule is CCNc1ncc(F)cc1C(=O)N(C)Cc1cscn1. The summed E-state index contributed by atoms with van der Waals surface area (Å²) in [5.74, 6) is -0.429. The van der Waals surface area contributed by atoms with Gasteiger partial charge in [0.05, 0.1) is 29.5 Å². The molecule has 0 unspecified atom stereocenters. The van der Waals surface area contributed by atoms with Crippen LogP contribution in [-0.2, 0) is 6.54 Å². The Morgan fingerprint density at radius 3 is 2.95 bits per heavy atom. The molecule has 0 bridgehead atoms. The van der Waals surface area contributed by atoms with Gasteiger partial charge >= 0.3 is 0 Å². The molecule has 5 nitrogen and oxygen atoms in total. The van der Waals surface area contributed by atoms with Gasteiger partial charge in [-0.25, -0.2) is 14.4 Å². The van der Waals surface area contributed by atoms with Crippen LogP contribution in [0.3, 0.4) is 0 Å². The summed E-state index contributed by atoms with van der Waals surface area (Å²) < 4.78 is 13.3. The van der Waals surface area contributed by atoms with Crippen molar-refractivity contribution in [3.63, 3.8) is 0 Å². The number of anilines is 1. The van der Waals surface area contributed by atoms with Gasteiger partial charge in [-0.3, -0.25) is 4.79 Å². The topological polar surface area (TPSA) is 58.1 Å². The van der Waals surface area contributed by atoms with E-state index in [1.807, 2.05) is 12.3 Å². The van der Waals surface area contributed by atoms with Crippen molar-refractivity contribution in [2.24, 2.45) is 0 Å². The number of hydrogen-bond acceptors (Lipinski definition) is 5. The van der Waals surface area contributed by atoms with E-state index in [0.29, 0.717) is 18.9 Å². The average molecular weight is 294 g/mol. The Labute approximate surface area is 120 Å². The molecule has 0 aromatic carbocycles. The van der Waals surface area contributed by atoms with Gasteiger partial charge < -0.3 is 10.2 Å². The summed E-state index contributed by atoms with van der Waals surface area (Å²) >= 11 is 1.47. The van der Waals surface area contributed by atoms with Crippen LogP contribution < -0.4 is 5.32 Å². The van der Waals surface area contributed by atoms with Crippen LogP contribution in [-0.4, -0.2) is 34.4 Å². The van der Waals surface area contributed by atoms with Gasteiger partial charge in [0.1, 0.15) is 11.6 Å². The summed E-state index contributed by atoms with van der Waals surface area (Å²) in [7, 11) is 1.66. The number of aromatic nitrogens is 2. The molecule has 20 heavy (non-hydrogen) atoms. The van der Waals surface area contributed by atoms with E-state index in [9.17, 15) is 9.18 Å². The van der Waals surface area contributed by atoms with Gasteiger partial charge in [0, 0.05) is 19.0 Å². The molecule has 1 N–H and O–H groups in total. The summed E-state index contributed by atoms with van der Waals surface area (Å²) in [5.41, 5.74) is 2.74. The Morgan fingerprint density at radius 1 is 1.50 bits per heavy atom. The van der Waals surface area contributed by atoms with E-state index in [1.165, 1.54) is 22.3 Å². The van der Waals surface area contributed by atoms with Crippen LogP contribution in [0.2, 0.25) is 0 Å². The zero-order chi connectivity index (χ0) is 14.5. The lowest BCUT2D eigenvalue weighted by molar-refractivity contribution is 0.0783. The van der Waals surface area contributed by atoms with Crippen molar-refractivity contribution < 1.29 is 9.18 Å². The molecule has 0 spiro atoms. The van der Waals surface area contributed by atoms with Crippen molar-refractivity contribution >= 4 is 23.1 Å². The van der Waals surface area contributed by atoms with Crippen molar-refractivity contribution in [3.8, 4) is 0 Å². The van der Waals surface area contributed by atoms with Crippen LogP contribution in [0.4, 0.5) is 10.2 Å². The van der Waals surface area contributed by atoms with Crippen LogP contribution in [0, 0.1) is 5.82 Å². The van der Waals surface area contributed by atoms with Crippen molar-refractivity contribution in [1.29, 1.82) is 0 Å². The lowest BCUT2D eigenvalue weighted by atomic mass is 10.2. The molecule has 7 heteroatoms. The number of halogens is 1. The number of carbonyl (C=O) groups is 1. The summed E-state index contributed by atoms with van der Waals surface area (Å²) in [4.78, 5) is 21.9. The van der Waals surface area contributed by atoms with E-state index in [1.54, 1.807) is 12.6 Å². The first kappa shape index (κ1) is 14.4. The van der Waals surface area contributed by atoms with Crippen LogP contribution >= 0.6 is 11.3 Å². The molecule has 2 aromatic rings. The Balaban J connectivity index is 2.21. The largest absolute Gasteiger partial charge is 0.370 e. The molecule has 0 fully saturated rings. The molecule has 1 amide bonds. The number of nitrogens with one attached hydrogen (secondary N) is 1. The third-order valence-corrected chi connectivity index (χ3v) is 3.29. The molecule has 2 rings (SSSR count). The summed E-state index contributed by atoms with van der Waals surface area (Å²) in [6.07, 6.45) is 1.09. The molecular formula is C13H15FN4OS. The molecule has 0 radical (unpaired) electrons. The molecule has 0 aliphatic rings. The lowest BCUT2D eigenvalue weighted by Gasteiger charge is -2.18. The van der Waals surface area contributed by atoms with Crippen molar-refractivity contribution in [3.05, 3.63) is 40.2 Å². The third-order valence-electron chi connectivity index (χ3n) is 2.66. The first-order valence-corrected chi connectivity index (χ1v) is 7.08. The van der Waals surface area contributed by atoms with E-state index >= 15 is 0 Å². The second-order valence-corrected chi connectivity index (χ2v) is 4.94. The molecule has 2 heterocycles.